The quantitative estimate of drug-likeness (QED) is 0.449. The molecule has 6 heteroatoms. The zero-order chi connectivity index (χ0) is 14.8. The van der Waals surface area contributed by atoms with Crippen molar-refractivity contribution in [3.8, 4) is 17.1 Å². The van der Waals surface area contributed by atoms with E-state index in [4.69, 9.17) is 5.84 Å². The van der Waals surface area contributed by atoms with Crippen LogP contribution in [0, 0.1) is 5.82 Å². The van der Waals surface area contributed by atoms with Gasteiger partial charge in [0.25, 0.3) is 0 Å². The van der Waals surface area contributed by atoms with Gasteiger partial charge in [0.15, 0.2) is 5.82 Å². The molecule has 0 amide bonds. The van der Waals surface area contributed by atoms with Gasteiger partial charge >= 0.3 is 0 Å². The summed E-state index contributed by atoms with van der Waals surface area (Å²) in [6, 6.07) is 3.80. The number of hydrazine groups is 1. The van der Waals surface area contributed by atoms with Gasteiger partial charge in [-0.2, -0.15) is 0 Å². The van der Waals surface area contributed by atoms with Gasteiger partial charge in [-0.15, -0.1) is 0 Å². The van der Waals surface area contributed by atoms with Crippen LogP contribution in [0.25, 0.3) is 11.4 Å². The summed E-state index contributed by atoms with van der Waals surface area (Å²) >= 11 is 0. The number of hydrogen-bond donors (Lipinski definition) is 3. The van der Waals surface area contributed by atoms with E-state index in [1.165, 1.54) is 12.1 Å². The summed E-state index contributed by atoms with van der Waals surface area (Å²) in [5.41, 5.74) is 5.05. The number of benzene rings is 1. The standard InChI is InChI=1S/C15H17FN4O/c16-10-6-9(7-11(21)8-10)14-18-13-5-3-1-2-4-12(13)15(19-14)20-17/h6-8,21H,1-5,17H2,(H,18,19,20). The van der Waals surface area contributed by atoms with E-state index in [9.17, 15) is 9.50 Å². The summed E-state index contributed by atoms with van der Waals surface area (Å²) < 4.78 is 13.4. The van der Waals surface area contributed by atoms with Crippen LogP contribution in [0.3, 0.4) is 0 Å². The summed E-state index contributed by atoms with van der Waals surface area (Å²) in [5.74, 6) is 5.86. The average molecular weight is 288 g/mol. The van der Waals surface area contributed by atoms with Gasteiger partial charge in [-0.1, -0.05) is 6.42 Å². The van der Waals surface area contributed by atoms with Crippen molar-refractivity contribution in [3.05, 3.63) is 35.3 Å². The molecule has 110 valence electrons. The molecule has 0 bridgehead atoms. The van der Waals surface area contributed by atoms with E-state index < -0.39 is 5.82 Å². The minimum absolute atomic E-state index is 0.147. The molecule has 0 unspecified atom stereocenters. The topological polar surface area (TPSA) is 84.1 Å². The van der Waals surface area contributed by atoms with Crippen molar-refractivity contribution in [3.63, 3.8) is 0 Å². The van der Waals surface area contributed by atoms with Gasteiger partial charge in [0.1, 0.15) is 17.4 Å². The molecule has 1 heterocycles. The molecular weight excluding hydrogens is 271 g/mol. The smallest absolute Gasteiger partial charge is 0.162 e. The molecule has 21 heavy (non-hydrogen) atoms. The van der Waals surface area contributed by atoms with Crippen LogP contribution in [-0.4, -0.2) is 15.1 Å². The van der Waals surface area contributed by atoms with Gasteiger partial charge in [-0.25, -0.2) is 20.2 Å². The minimum atomic E-state index is -0.522. The van der Waals surface area contributed by atoms with Crippen LogP contribution < -0.4 is 11.3 Å². The van der Waals surface area contributed by atoms with Crippen molar-refractivity contribution in [1.82, 2.24) is 9.97 Å². The van der Waals surface area contributed by atoms with Crippen LogP contribution in [0.5, 0.6) is 5.75 Å². The number of halogens is 1. The number of aromatic hydroxyl groups is 1. The first-order chi connectivity index (χ1) is 10.2. The molecule has 0 atom stereocenters. The number of fused-ring (bicyclic) bond motifs is 1. The van der Waals surface area contributed by atoms with Crippen molar-refractivity contribution in [2.45, 2.75) is 32.1 Å². The highest BCUT2D eigenvalue weighted by Gasteiger charge is 2.17. The van der Waals surface area contributed by atoms with E-state index in [-0.39, 0.29) is 5.75 Å². The van der Waals surface area contributed by atoms with E-state index in [1.807, 2.05) is 0 Å². The zero-order valence-corrected chi connectivity index (χ0v) is 11.6. The molecule has 4 N–H and O–H groups in total. The largest absolute Gasteiger partial charge is 0.508 e. The fraction of sp³-hybridized carbons (Fsp3) is 0.333. The molecule has 0 fully saturated rings. The van der Waals surface area contributed by atoms with Crippen LogP contribution in [0.4, 0.5) is 10.2 Å². The summed E-state index contributed by atoms with van der Waals surface area (Å²) in [7, 11) is 0. The number of aryl methyl sites for hydroxylation is 1. The highest BCUT2D eigenvalue weighted by Crippen LogP contribution is 2.29. The normalized spacial score (nSPS) is 14.4. The van der Waals surface area contributed by atoms with Gasteiger partial charge < -0.3 is 10.5 Å². The number of aromatic nitrogens is 2. The second-order valence-corrected chi connectivity index (χ2v) is 5.22. The first kappa shape index (κ1) is 13.8. The molecule has 1 aliphatic carbocycles. The molecular formula is C15H17FN4O. The number of nitrogens with two attached hydrogens (primary N) is 1. The van der Waals surface area contributed by atoms with Crippen LogP contribution in [0.2, 0.25) is 0 Å². The Morgan fingerprint density at radius 3 is 2.67 bits per heavy atom. The maximum atomic E-state index is 13.4. The molecule has 0 saturated heterocycles. The Kier molecular flexibility index (Phi) is 3.70. The Morgan fingerprint density at radius 1 is 1.10 bits per heavy atom. The van der Waals surface area contributed by atoms with Crippen molar-refractivity contribution >= 4 is 5.82 Å². The van der Waals surface area contributed by atoms with Crippen molar-refractivity contribution in [2.24, 2.45) is 5.84 Å². The fourth-order valence-corrected chi connectivity index (χ4v) is 2.72. The third-order valence-corrected chi connectivity index (χ3v) is 3.71. The minimum Gasteiger partial charge on any atom is -0.508 e. The zero-order valence-electron chi connectivity index (χ0n) is 11.6. The lowest BCUT2D eigenvalue weighted by Crippen LogP contribution is -2.14. The summed E-state index contributed by atoms with van der Waals surface area (Å²) in [4.78, 5) is 8.92. The molecule has 2 aromatic rings. The SMILES string of the molecule is NNc1nc(-c2cc(O)cc(F)c2)nc2c1CCCCC2. The Bertz CT molecular complexity index is 655. The van der Waals surface area contributed by atoms with Crippen LogP contribution in [0.15, 0.2) is 18.2 Å². The van der Waals surface area contributed by atoms with Crippen LogP contribution >= 0.6 is 0 Å². The molecule has 0 radical (unpaired) electrons. The van der Waals surface area contributed by atoms with E-state index in [0.717, 1.165) is 49.4 Å². The maximum Gasteiger partial charge on any atom is 0.162 e. The molecule has 0 spiro atoms. The average Bonchev–Trinajstić information content (AvgIpc) is 2.70. The lowest BCUT2D eigenvalue weighted by atomic mass is 10.1. The molecule has 1 aliphatic rings. The molecule has 3 rings (SSSR count). The third-order valence-electron chi connectivity index (χ3n) is 3.71. The van der Waals surface area contributed by atoms with Crippen molar-refractivity contribution in [2.75, 3.05) is 5.43 Å². The van der Waals surface area contributed by atoms with E-state index in [1.54, 1.807) is 0 Å². The summed E-state index contributed by atoms with van der Waals surface area (Å²) in [5, 5.41) is 9.53. The highest BCUT2D eigenvalue weighted by molar-refractivity contribution is 5.61. The molecule has 0 saturated carbocycles. The Morgan fingerprint density at radius 2 is 1.90 bits per heavy atom. The lowest BCUT2D eigenvalue weighted by molar-refractivity contribution is 0.469. The summed E-state index contributed by atoms with van der Waals surface area (Å²) in [6.07, 6.45) is 5.06. The maximum absolute atomic E-state index is 13.4. The second-order valence-electron chi connectivity index (χ2n) is 5.22. The van der Waals surface area contributed by atoms with E-state index in [0.29, 0.717) is 17.2 Å². The number of anilines is 1. The van der Waals surface area contributed by atoms with Gasteiger partial charge in [0.2, 0.25) is 0 Å². The van der Waals surface area contributed by atoms with Gasteiger partial charge in [0.05, 0.1) is 0 Å². The number of phenolic OH excluding ortho intramolecular Hbond substituents is 1. The van der Waals surface area contributed by atoms with Crippen LogP contribution in [-0.2, 0) is 12.8 Å². The van der Waals surface area contributed by atoms with Crippen molar-refractivity contribution < 1.29 is 9.50 Å². The number of rotatable bonds is 2. The first-order valence-corrected chi connectivity index (χ1v) is 7.03. The van der Waals surface area contributed by atoms with Crippen molar-refractivity contribution in [1.29, 1.82) is 0 Å². The number of nitrogen functional groups attached to an aromatic ring is 1. The molecule has 0 aliphatic heterocycles. The monoisotopic (exact) mass is 288 g/mol. The predicted molar refractivity (Wildman–Crippen MR) is 78.2 cm³/mol. The number of phenols is 1. The second kappa shape index (κ2) is 5.65. The van der Waals surface area contributed by atoms with Gasteiger partial charge in [0, 0.05) is 22.9 Å². The number of hydrogen-bond acceptors (Lipinski definition) is 5. The van der Waals surface area contributed by atoms with E-state index >= 15 is 0 Å². The highest BCUT2D eigenvalue weighted by atomic mass is 19.1. The third kappa shape index (κ3) is 2.80. The lowest BCUT2D eigenvalue weighted by Gasteiger charge is -2.13. The number of nitrogens with one attached hydrogen (secondary N) is 1. The van der Waals surface area contributed by atoms with Gasteiger partial charge in [-0.3, -0.25) is 0 Å². The van der Waals surface area contributed by atoms with E-state index in [2.05, 4.69) is 15.4 Å². The Hall–Kier alpha value is -2.21. The van der Waals surface area contributed by atoms with Gasteiger partial charge in [-0.05, 0) is 37.8 Å². The summed E-state index contributed by atoms with van der Waals surface area (Å²) in [6.45, 7) is 0. The number of nitrogens with zero attached hydrogens (tertiary/aromatic N) is 2. The Labute approximate surface area is 122 Å². The predicted octanol–water partition coefficient (Wildman–Crippen LogP) is 2.54. The Balaban J connectivity index is 2.13. The molecule has 1 aromatic carbocycles. The molecule has 1 aromatic heterocycles. The molecule has 5 nitrogen and oxygen atoms in total. The van der Waals surface area contributed by atoms with Crippen LogP contribution in [0.1, 0.15) is 30.5 Å². The fourth-order valence-electron chi connectivity index (χ4n) is 2.72. The first-order valence-electron chi connectivity index (χ1n) is 7.03.